The van der Waals surface area contributed by atoms with Gasteiger partial charge >= 0.3 is 0 Å². The van der Waals surface area contributed by atoms with Crippen LogP contribution >= 0.6 is 11.6 Å². The zero-order valence-corrected chi connectivity index (χ0v) is 11.3. The minimum Gasteiger partial charge on any atom is -0.480 e. The number of nitriles is 2. The van der Waals surface area contributed by atoms with E-state index in [1.165, 1.54) is 7.11 Å². The van der Waals surface area contributed by atoms with E-state index in [0.29, 0.717) is 16.1 Å². The van der Waals surface area contributed by atoms with Crippen molar-refractivity contribution < 1.29 is 4.74 Å². The third kappa shape index (κ3) is 2.11. The Labute approximate surface area is 120 Å². The lowest BCUT2D eigenvalue weighted by Gasteiger charge is -2.13. The SMILES string of the molecule is COc1nc(N)c(C#N)c(-c2ccccc2Cl)c1C#N. The zero-order chi connectivity index (χ0) is 14.7. The number of hydrogen-bond donors (Lipinski definition) is 1. The van der Waals surface area contributed by atoms with Gasteiger partial charge in [-0.1, -0.05) is 29.8 Å². The number of ether oxygens (including phenoxy) is 1. The van der Waals surface area contributed by atoms with Crippen molar-refractivity contribution in [2.45, 2.75) is 0 Å². The quantitative estimate of drug-likeness (QED) is 0.914. The summed E-state index contributed by atoms with van der Waals surface area (Å²) < 4.78 is 5.05. The van der Waals surface area contributed by atoms with Crippen molar-refractivity contribution in [3.63, 3.8) is 0 Å². The number of pyridine rings is 1. The van der Waals surface area contributed by atoms with E-state index in [9.17, 15) is 10.5 Å². The van der Waals surface area contributed by atoms with E-state index in [1.54, 1.807) is 24.3 Å². The normalized spacial score (nSPS) is 9.60. The van der Waals surface area contributed by atoms with Crippen LogP contribution in [0.1, 0.15) is 11.1 Å². The van der Waals surface area contributed by atoms with Crippen LogP contribution in [0.5, 0.6) is 5.88 Å². The number of rotatable bonds is 2. The topological polar surface area (TPSA) is 95.7 Å². The first-order chi connectivity index (χ1) is 9.63. The van der Waals surface area contributed by atoms with Crippen LogP contribution in [0.2, 0.25) is 5.02 Å². The smallest absolute Gasteiger partial charge is 0.234 e. The van der Waals surface area contributed by atoms with Crippen LogP contribution in [0.3, 0.4) is 0 Å². The van der Waals surface area contributed by atoms with E-state index in [0.717, 1.165) is 0 Å². The Hall–Kier alpha value is -2.76. The molecule has 0 unspecified atom stereocenters. The van der Waals surface area contributed by atoms with Crippen molar-refractivity contribution in [2.24, 2.45) is 0 Å². The molecule has 2 rings (SSSR count). The number of nitrogens with zero attached hydrogens (tertiary/aromatic N) is 3. The molecule has 98 valence electrons. The molecule has 0 saturated heterocycles. The van der Waals surface area contributed by atoms with Crippen LogP contribution in [0.4, 0.5) is 5.82 Å². The summed E-state index contributed by atoms with van der Waals surface area (Å²) >= 11 is 6.14. The summed E-state index contributed by atoms with van der Waals surface area (Å²) in [6.07, 6.45) is 0. The highest BCUT2D eigenvalue weighted by atomic mass is 35.5. The van der Waals surface area contributed by atoms with Gasteiger partial charge in [0.05, 0.1) is 7.11 Å². The largest absolute Gasteiger partial charge is 0.480 e. The number of anilines is 1. The monoisotopic (exact) mass is 284 g/mol. The molecule has 6 heteroatoms. The number of methoxy groups -OCH3 is 1. The maximum atomic E-state index is 9.33. The van der Waals surface area contributed by atoms with Gasteiger partial charge in [0.1, 0.15) is 29.1 Å². The molecule has 1 aromatic heterocycles. The molecule has 0 aliphatic carbocycles. The number of benzene rings is 1. The second-order valence-corrected chi connectivity index (χ2v) is 4.24. The van der Waals surface area contributed by atoms with E-state index in [2.05, 4.69) is 4.98 Å². The van der Waals surface area contributed by atoms with Gasteiger partial charge in [-0.25, -0.2) is 0 Å². The first-order valence-corrected chi connectivity index (χ1v) is 5.94. The second-order valence-electron chi connectivity index (χ2n) is 3.83. The van der Waals surface area contributed by atoms with Crippen LogP contribution in [0.25, 0.3) is 11.1 Å². The van der Waals surface area contributed by atoms with Gasteiger partial charge in [0.15, 0.2) is 0 Å². The third-order valence-corrected chi connectivity index (χ3v) is 3.08. The summed E-state index contributed by atoms with van der Waals surface area (Å²) in [5.74, 6) is 0.0668. The van der Waals surface area contributed by atoms with Crippen molar-refractivity contribution in [2.75, 3.05) is 12.8 Å². The van der Waals surface area contributed by atoms with Crippen molar-refractivity contribution >= 4 is 17.4 Å². The van der Waals surface area contributed by atoms with E-state index in [-0.39, 0.29) is 22.8 Å². The minimum atomic E-state index is -0.00160. The van der Waals surface area contributed by atoms with Crippen LogP contribution in [0.15, 0.2) is 24.3 Å². The van der Waals surface area contributed by atoms with Crippen molar-refractivity contribution in [3.05, 3.63) is 40.4 Å². The zero-order valence-electron chi connectivity index (χ0n) is 10.5. The fourth-order valence-electron chi connectivity index (χ4n) is 1.88. The molecule has 0 aliphatic heterocycles. The molecule has 1 aromatic carbocycles. The fourth-order valence-corrected chi connectivity index (χ4v) is 2.11. The Kier molecular flexibility index (Phi) is 3.74. The average molecular weight is 285 g/mol. The summed E-state index contributed by atoms with van der Waals surface area (Å²) in [4.78, 5) is 3.92. The molecule has 2 N–H and O–H groups in total. The fraction of sp³-hybridized carbons (Fsp3) is 0.0714. The number of halogens is 1. The molecule has 0 spiro atoms. The van der Waals surface area contributed by atoms with Gasteiger partial charge in [-0.05, 0) is 6.07 Å². The van der Waals surface area contributed by atoms with Gasteiger partial charge in [0.25, 0.3) is 0 Å². The number of hydrogen-bond acceptors (Lipinski definition) is 5. The van der Waals surface area contributed by atoms with E-state index < -0.39 is 0 Å². The maximum absolute atomic E-state index is 9.33. The van der Waals surface area contributed by atoms with Crippen molar-refractivity contribution in [3.8, 4) is 29.1 Å². The van der Waals surface area contributed by atoms with Crippen molar-refractivity contribution in [1.29, 1.82) is 10.5 Å². The van der Waals surface area contributed by atoms with Crippen LogP contribution in [-0.4, -0.2) is 12.1 Å². The summed E-state index contributed by atoms with van der Waals surface area (Å²) in [5, 5.41) is 19.0. The number of aromatic nitrogens is 1. The van der Waals surface area contributed by atoms with Crippen molar-refractivity contribution in [1.82, 2.24) is 4.98 Å². The van der Waals surface area contributed by atoms with Crippen LogP contribution in [-0.2, 0) is 0 Å². The maximum Gasteiger partial charge on any atom is 0.234 e. The predicted molar refractivity (Wildman–Crippen MR) is 75.1 cm³/mol. The van der Waals surface area contributed by atoms with Crippen LogP contribution < -0.4 is 10.5 Å². The summed E-state index contributed by atoms with van der Waals surface area (Å²) in [7, 11) is 1.38. The third-order valence-electron chi connectivity index (χ3n) is 2.75. The van der Waals surface area contributed by atoms with Gasteiger partial charge in [-0.2, -0.15) is 15.5 Å². The number of nitrogen functional groups attached to an aromatic ring is 1. The van der Waals surface area contributed by atoms with Gasteiger partial charge < -0.3 is 10.5 Å². The molecular formula is C14H9ClN4O. The Morgan fingerprint density at radius 1 is 1.20 bits per heavy atom. The molecule has 5 nitrogen and oxygen atoms in total. The minimum absolute atomic E-state index is 0.00160. The number of nitrogens with two attached hydrogens (primary N) is 1. The molecule has 20 heavy (non-hydrogen) atoms. The highest BCUT2D eigenvalue weighted by molar-refractivity contribution is 6.33. The Balaban J connectivity index is 2.94. The molecule has 0 aliphatic rings. The molecule has 0 bridgehead atoms. The van der Waals surface area contributed by atoms with Gasteiger partial charge in [-0.15, -0.1) is 0 Å². The van der Waals surface area contributed by atoms with E-state index in [4.69, 9.17) is 22.1 Å². The highest BCUT2D eigenvalue weighted by Crippen LogP contribution is 2.37. The van der Waals surface area contributed by atoms with Gasteiger partial charge in [-0.3, -0.25) is 0 Å². The lowest BCUT2D eigenvalue weighted by atomic mass is 9.96. The molecule has 0 fully saturated rings. The summed E-state index contributed by atoms with van der Waals surface area (Å²) in [5.41, 5.74) is 6.87. The molecule has 1 heterocycles. The van der Waals surface area contributed by atoms with Gasteiger partial charge in [0.2, 0.25) is 5.88 Å². The van der Waals surface area contributed by atoms with Gasteiger partial charge in [0, 0.05) is 16.1 Å². The lowest BCUT2D eigenvalue weighted by Crippen LogP contribution is -2.04. The first-order valence-electron chi connectivity index (χ1n) is 5.56. The van der Waals surface area contributed by atoms with E-state index >= 15 is 0 Å². The standard InChI is InChI=1S/C14H9ClN4O/c1-20-14-10(7-17)12(9(6-16)13(18)19-14)8-4-2-3-5-11(8)15/h2-5H,1H3,(H2,18,19). The Morgan fingerprint density at radius 2 is 1.85 bits per heavy atom. The Bertz CT molecular complexity index is 759. The first kappa shape index (κ1) is 13.7. The Morgan fingerprint density at radius 3 is 2.40 bits per heavy atom. The average Bonchev–Trinajstić information content (AvgIpc) is 2.46. The molecule has 2 aromatic rings. The lowest BCUT2D eigenvalue weighted by molar-refractivity contribution is 0.397. The van der Waals surface area contributed by atoms with Crippen LogP contribution in [0, 0.1) is 22.7 Å². The molecule has 0 amide bonds. The predicted octanol–water partition coefficient (Wildman–Crippen LogP) is 2.74. The summed E-state index contributed by atoms with van der Waals surface area (Å²) in [6.45, 7) is 0. The second kappa shape index (κ2) is 5.48. The van der Waals surface area contributed by atoms with E-state index in [1.807, 2.05) is 12.1 Å². The molecular weight excluding hydrogens is 276 g/mol. The highest BCUT2D eigenvalue weighted by Gasteiger charge is 2.21. The molecule has 0 atom stereocenters. The molecule has 0 radical (unpaired) electrons. The molecule has 0 saturated carbocycles. The summed E-state index contributed by atoms with van der Waals surface area (Å²) in [6, 6.07) is 10.8.